The molecule has 1 unspecified atom stereocenters. The third-order valence-electron chi connectivity index (χ3n) is 5.16. The Balaban J connectivity index is 1.66. The van der Waals surface area contributed by atoms with E-state index in [-0.39, 0.29) is 19.6 Å². The number of nitrogens with zero attached hydrogens (tertiary/aromatic N) is 2. The Morgan fingerprint density at radius 2 is 1.64 bits per heavy atom. The maximum Gasteiger partial charge on any atom is 0.416 e. The fourth-order valence-corrected chi connectivity index (χ4v) is 3.28. The summed E-state index contributed by atoms with van der Waals surface area (Å²) in [5, 5.41) is 12.7. The number of alkyl halides is 3. The Hall–Kier alpha value is -3.60. The van der Waals surface area contributed by atoms with Crippen molar-refractivity contribution in [3.63, 3.8) is 0 Å². The van der Waals surface area contributed by atoms with Gasteiger partial charge in [-0.05, 0) is 49.2 Å². The highest BCUT2D eigenvalue weighted by Crippen LogP contribution is 2.31. The van der Waals surface area contributed by atoms with Crippen LogP contribution < -0.4 is 10.1 Å². The lowest BCUT2D eigenvalue weighted by atomic mass is 10.0. The second-order valence-electron chi connectivity index (χ2n) is 8.02. The minimum Gasteiger partial charge on any atom is -0.491 e. The third kappa shape index (κ3) is 5.43. The molecule has 1 fully saturated rings. The molecule has 0 saturated carbocycles. The van der Waals surface area contributed by atoms with E-state index in [0.717, 1.165) is 17.0 Å². The molecule has 1 aliphatic rings. The molecule has 0 aliphatic carbocycles. The summed E-state index contributed by atoms with van der Waals surface area (Å²) in [4.78, 5) is 36.4. The van der Waals surface area contributed by atoms with Gasteiger partial charge in [-0.1, -0.05) is 24.3 Å². The zero-order valence-electron chi connectivity index (χ0n) is 17.8. The van der Waals surface area contributed by atoms with Gasteiger partial charge in [-0.3, -0.25) is 19.7 Å². The number of imide groups is 1. The Morgan fingerprint density at radius 3 is 2.09 bits per heavy atom. The van der Waals surface area contributed by atoms with E-state index in [2.05, 4.69) is 5.32 Å². The topological polar surface area (TPSA) is 99.2 Å². The molecule has 4 amide bonds. The summed E-state index contributed by atoms with van der Waals surface area (Å²) in [6.45, 7) is 2.56. The maximum absolute atomic E-state index is 12.7. The predicted octanol–water partition coefficient (Wildman–Crippen LogP) is 3.30. The van der Waals surface area contributed by atoms with E-state index < -0.39 is 35.3 Å². The fourth-order valence-electron chi connectivity index (χ4n) is 3.28. The van der Waals surface area contributed by atoms with E-state index in [1.165, 1.54) is 26.0 Å². The highest BCUT2D eigenvalue weighted by atomic mass is 19.4. The van der Waals surface area contributed by atoms with Crippen LogP contribution in [-0.2, 0) is 15.8 Å². The van der Waals surface area contributed by atoms with E-state index >= 15 is 0 Å². The van der Waals surface area contributed by atoms with E-state index in [9.17, 15) is 32.8 Å². The molecule has 0 aromatic heterocycles. The lowest BCUT2D eigenvalue weighted by Gasteiger charge is -2.26. The lowest BCUT2D eigenvalue weighted by molar-refractivity contribution is -0.165. The van der Waals surface area contributed by atoms with Crippen molar-refractivity contribution in [2.45, 2.75) is 31.6 Å². The zero-order chi connectivity index (χ0) is 24.4. The van der Waals surface area contributed by atoms with Gasteiger partial charge >= 0.3 is 12.2 Å². The van der Waals surface area contributed by atoms with Crippen LogP contribution in [0.5, 0.6) is 5.75 Å². The van der Waals surface area contributed by atoms with Crippen LogP contribution in [0.1, 0.15) is 19.4 Å². The standard InChI is InChI=1S/C22H22F3N3O5/c1-21(2)19(30)27(20(31)26-21)11-17(28(32)13-29)12-33-18-9-5-15(6-10-18)14-3-7-16(8-4-14)22(23,24)25/h3-10,13,17,32H,11-12H2,1-2H3,(H,26,31). The molecule has 1 aliphatic heterocycles. The number of amides is 4. The zero-order valence-corrected chi connectivity index (χ0v) is 17.8. The second-order valence-corrected chi connectivity index (χ2v) is 8.02. The summed E-state index contributed by atoms with van der Waals surface area (Å²) >= 11 is 0. The van der Waals surface area contributed by atoms with Crippen molar-refractivity contribution < 1.29 is 37.5 Å². The number of rotatable bonds is 8. The highest BCUT2D eigenvalue weighted by molar-refractivity contribution is 6.06. The van der Waals surface area contributed by atoms with Crippen LogP contribution in [0.4, 0.5) is 18.0 Å². The van der Waals surface area contributed by atoms with Gasteiger partial charge < -0.3 is 10.1 Å². The number of carbonyl (C=O) groups excluding carboxylic acids is 3. The first-order chi connectivity index (χ1) is 15.4. The van der Waals surface area contributed by atoms with Crippen molar-refractivity contribution >= 4 is 18.3 Å². The third-order valence-corrected chi connectivity index (χ3v) is 5.16. The van der Waals surface area contributed by atoms with Crippen LogP contribution in [0.3, 0.4) is 0 Å². The van der Waals surface area contributed by atoms with E-state index in [0.29, 0.717) is 21.9 Å². The SMILES string of the molecule is CC1(C)NC(=O)N(CC(COc2ccc(-c3ccc(C(F)(F)F)cc3)cc2)N(O)C=O)C1=O. The monoisotopic (exact) mass is 465 g/mol. The van der Waals surface area contributed by atoms with E-state index in [4.69, 9.17) is 4.74 Å². The van der Waals surface area contributed by atoms with Crippen molar-refractivity contribution in [2.24, 2.45) is 0 Å². The summed E-state index contributed by atoms with van der Waals surface area (Å²) in [6.07, 6.45) is -4.27. The van der Waals surface area contributed by atoms with Crippen LogP contribution in [0.2, 0.25) is 0 Å². The number of carbonyl (C=O) groups is 3. The van der Waals surface area contributed by atoms with Gasteiger partial charge in [0, 0.05) is 0 Å². The van der Waals surface area contributed by atoms with Gasteiger partial charge in [0.25, 0.3) is 5.91 Å². The number of hydroxylamine groups is 2. The summed E-state index contributed by atoms with van der Waals surface area (Å²) < 4.78 is 43.7. The minimum atomic E-state index is -4.41. The molecule has 176 valence electrons. The first-order valence-electron chi connectivity index (χ1n) is 9.89. The average Bonchev–Trinajstić information content (AvgIpc) is 2.97. The molecule has 1 saturated heterocycles. The van der Waals surface area contributed by atoms with Crippen molar-refractivity contribution in [3.05, 3.63) is 54.1 Å². The van der Waals surface area contributed by atoms with Crippen molar-refractivity contribution in [1.29, 1.82) is 0 Å². The van der Waals surface area contributed by atoms with Crippen LogP contribution in [0.25, 0.3) is 11.1 Å². The van der Waals surface area contributed by atoms with Gasteiger partial charge in [0.1, 0.15) is 23.9 Å². The fraction of sp³-hybridized carbons (Fsp3) is 0.318. The summed E-state index contributed by atoms with van der Waals surface area (Å²) in [7, 11) is 0. The molecule has 8 nitrogen and oxygen atoms in total. The molecule has 1 atom stereocenters. The van der Waals surface area contributed by atoms with Gasteiger partial charge in [0.05, 0.1) is 12.1 Å². The smallest absolute Gasteiger partial charge is 0.416 e. The van der Waals surface area contributed by atoms with Crippen LogP contribution in [-0.4, -0.2) is 58.3 Å². The number of benzene rings is 2. The largest absolute Gasteiger partial charge is 0.491 e. The molecular formula is C22H22F3N3O5. The van der Waals surface area contributed by atoms with Crippen LogP contribution in [0, 0.1) is 0 Å². The molecule has 1 heterocycles. The number of ether oxygens (including phenoxy) is 1. The predicted molar refractivity (Wildman–Crippen MR) is 110 cm³/mol. The molecule has 11 heteroatoms. The number of hydrogen-bond donors (Lipinski definition) is 2. The summed E-state index contributed by atoms with van der Waals surface area (Å²) in [6, 6.07) is 9.48. The summed E-state index contributed by atoms with van der Waals surface area (Å²) in [5.41, 5.74) is -0.602. The Labute approximate surface area is 187 Å². The van der Waals surface area contributed by atoms with Gasteiger partial charge in [-0.2, -0.15) is 13.2 Å². The number of urea groups is 1. The van der Waals surface area contributed by atoms with Crippen molar-refractivity contribution in [2.75, 3.05) is 13.2 Å². The first-order valence-corrected chi connectivity index (χ1v) is 9.89. The normalized spacial score (nSPS) is 16.4. The molecule has 0 bridgehead atoms. The second kappa shape index (κ2) is 9.10. The number of hydrogen-bond acceptors (Lipinski definition) is 5. The van der Waals surface area contributed by atoms with Crippen LogP contribution in [0.15, 0.2) is 48.5 Å². The highest BCUT2D eigenvalue weighted by Gasteiger charge is 2.45. The molecule has 2 aromatic carbocycles. The van der Waals surface area contributed by atoms with Crippen molar-refractivity contribution in [1.82, 2.24) is 15.3 Å². The Kier molecular flexibility index (Phi) is 6.63. The first kappa shape index (κ1) is 24.1. The van der Waals surface area contributed by atoms with Gasteiger partial charge in [0.15, 0.2) is 0 Å². The average molecular weight is 465 g/mol. The Bertz CT molecular complexity index is 1020. The maximum atomic E-state index is 12.7. The molecule has 2 aromatic rings. The van der Waals surface area contributed by atoms with Crippen molar-refractivity contribution in [3.8, 4) is 16.9 Å². The molecule has 0 spiro atoms. The number of halogens is 3. The quantitative estimate of drug-likeness (QED) is 0.270. The van der Waals surface area contributed by atoms with Gasteiger partial charge in [-0.15, -0.1) is 0 Å². The van der Waals surface area contributed by atoms with Gasteiger partial charge in [0.2, 0.25) is 6.41 Å². The van der Waals surface area contributed by atoms with Crippen LogP contribution >= 0.6 is 0 Å². The van der Waals surface area contributed by atoms with E-state index in [1.54, 1.807) is 24.3 Å². The molecule has 0 radical (unpaired) electrons. The van der Waals surface area contributed by atoms with E-state index in [1.807, 2.05) is 0 Å². The minimum absolute atomic E-state index is 0.144. The summed E-state index contributed by atoms with van der Waals surface area (Å²) in [5.74, 6) is -0.148. The molecule has 2 N–H and O–H groups in total. The molecular weight excluding hydrogens is 443 g/mol. The lowest BCUT2D eigenvalue weighted by Crippen LogP contribution is -2.48. The molecule has 3 rings (SSSR count). The number of nitrogens with one attached hydrogen (secondary N) is 1. The van der Waals surface area contributed by atoms with Gasteiger partial charge in [-0.25, -0.2) is 9.86 Å². The molecule has 33 heavy (non-hydrogen) atoms. The Morgan fingerprint density at radius 1 is 1.09 bits per heavy atom.